The molecule has 158 valence electrons. The predicted octanol–water partition coefficient (Wildman–Crippen LogP) is 4.15. The summed E-state index contributed by atoms with van der Waals surface area (Å²) < 4.78 is 16.4. The summed E-state index contributed by atoms with van der Waals surface area (Å²) in [7, 11) is 3.26. The smallest absolute Gasteiger partial charge is 0.160 e. The minimum absolute atomic E-state index is 0.484. The molecule has 0 radical (unpaired) electrons. The molecule has 3 aromatic carbocycles. The van der Waals surface area contributed by atoms with Crippen LogP contribution in [0.15, 0.2) is 72.8 Å². The molecule has 0 amide bonds. The van der Waals surface area contributed by atoms with Crippen molar-refractivity contribution in [3.8, 4) is 17.2 Å². The molecule has 0 unspecified atom stereocenters. The Kier molecular flexibility index (Phi) is 8.12. The lowest BCUT2D eigenvalue weighted by molar-refractivity contribution is 0.175. The molecule has 0 saturated carbocycles. The standard InChI is InChI=1S/C25H29NO4/c1-28-24-13-8-19(16-25(24)29-2)14-15-26-17-23(27)21-9-11-22(12-10-21)30-18-20-6-4-3-5-7-20/h3-13,16,23,26-27H,14-15,17-18H2,1-2H3/t23-/m1/s1. The van der Waals surface area contributed by atoms with Gasteiger partial charge in [-0.25, -0.2) is 0 Å². The molecule has 0 aliphatic carbocycles. The molecule has 0 aromatic heterocycles. The summed E-state index contributed by atoms with van der Waals surface area (Å²) in [5.74, 6) is 2.24. The molecule has 5 heteroatoms. The average molecular weight is 408 g/mol. The highest BCUT2D eigenvalue weighted by atomic mass is 16.5. The maximum Gasteiger partial charge on any atom is 0.160 e. The van der Waals surface area contributed by atoms with Crippen LogP contribution in [0.5, 0.6) is 17.2 Å². The second-order valence-corrected chi connectivity index (χ2v) is 7.00. The molecule has 0 aliphatic rings. The highest BCUT2D eigenvalue weighted by Crippen LogP contribution is 2.27. The molecular weight excluding hydrogens is 378 g/mol. The zero-order valence-electron chi connectivity index (χ0n) is 17.5. The van der Waals surface area contributed by atoms with Gasteiger partial charge in [-0.3, -0.25) is 0 Å². The number of methoxy groups -OCH3 is 2. The Labute approximate surface area is 178 Å². The van der Waals surface area contributed by atoms with Crippen LogP contribution < -0.4 is 19.5 Å². The number of hydrogen-bond donors (Lipinski definition) is 2. The number of rotatable bonds is 11. The van der Waals surface area contributed by atoms with E-state index in [9.17, 15) is 5.11 Å². The fourth-order valence-electron chi connectivity index (χ4n) is 3.15. The highest BCUT2D eigenvalue weighted by molar-refractivity contribution is 5.43. The molecule has 30 heavy (non-hydrogen) atoms. The van der Waals surface area contributed by atoms with Gasteiger partial charge in [-0.1, -0.05) is 48.5 Å². The minimum atomic E-state index is -0.571. The molecule has 2 N–H and O–H groups in total. The monoisotopic (exact) mass is 407 g/mol. The van der Waals surface area contributed by atoms with Gasteiger partial charge in [0, 0.05) is 6.54 Å². The Morgan fingerprint density at radius 2 is 1.57 bits per heavy atom. The number of nitrogens with one attached hydrogen (secondary N) is 1. The van der Waals surface area contributed by atoms with Crippen LogP contribution in [0.25, 0.3) is 0 Å². The second-order valence-electron chi connectivity index (χ2n) is 7.00. The normalized spacial score (nSPS) is 11.7. The number of benzene rings is 3. The maximum atomic E-state index is 10.4. The summed E-state index contributed by atoms with van der Waals surface area (Å²) in [6.45, 7) is 1.77. The minimum Gasteiger partial charge on any atom is -0.493 e. The Morgan fingerprint density at radius 3 is 2.27 bits per heavy atom. The fourth-order valence-corrected chi connectivity index (χ4v) is 3.15. The van der Waals surface area contributed by atoms with Gasteiger partial charge in [0.2, 0.25) is 0 Å². The van der Waals surface area contributed by atoms with E-state index in [1.807, 2.05) is 72.8 Å². The van der Waals surface area contributed by atoms with Crippen LogP contribution in [0, 0.1) is 0 Å². The molecule has 0 heterocycles. The summed E-state index contributed by atoms with van der Waals surface area (Å²) >= 11 is 0. The first-order chi connectivity index (χ1) is 14.7. The Morgan fingerprint density at radius 1 is 0.833 bits per heavy atom. The summed E-state index contributed by atoms with van der Waals surface area (Å²) in [5, 5.41) is 13.7. The largest absolute Gasteiger partial charge is 0.493 e. The molecular formula is C25H29NO4. The van der Waals surface area contributed by atoms with Gasteiger partial charge in [0.25, 0.3) is 0 Å². The van der Waals surface area contributed by atoms with Crippen molar-refractivity contribution >= 4 is 0 Å². The predicted molar refractivity (Wildman–Crippen MR) is 118 cm³/mol. The van der Waals surface area contributed by atoms with Gasteiger partial charge in [0.1, 0.15) is 12.4 Å². The van der Waals surface area contributed by atoms with Crippen molar-refractivity contribution in [2.24, 2.45) is 0 Å². The average Bonchev–Trinajstić information content (AvgIpc) is 2.81. The van der Waals surface area contributed by atoms with Crippen LogP contribution in [-0.2, 0) is 13.0 Å². The van der Waals surface area contributed by atoms with Gasteiger partial charge in [-0.2, -0.15) is 0 Å². The van der Waals surface area contributed by atoms with Crippen LogP contribution in [0.1, 0.15) is 22.8 Å². The Bertz CT molecular complexity index is 897. The molecule has 0 saturated heterocycles. The van der Waals surface area contributed by atoms with Gasteiger partial charge in [0.05, 0.1) is 20.3 Å². The molecule has 3 aromatic rings. The van der Waals surface area contributed by atoms with E-state index in [1.165, 1.54) is 0 Å². The number of hydrogen-bond acceptors (Lipinski definition) is 5. The quantitative estimate of drug-likeness (QED) is 0.468. The molecule has 3 rings (SSSR count). The van der Waals surface area contributed by atoms with E-state index in [1.54, 1.807) is 14.2 Å². The van der Waals surface area contributed by atoms with Gasteiger partial charge in [0.15, 0.2) is 11.5 Å². The fraction of sp³-hybridized carbons (Fsp3) is 0.280. The van der Waals surface area contributed by atoms with Gasteiger partial charge >= 0.3 is 0 Å². The summed E-state index contributed by atoms with van der Waals surface area (Å²) in [5.41, 5.74) is 3.13. The zero-order valence-corrected chi connectivity index (χ0v) is 17.5. The molecule has 1 atom stereocenters. The molecule has 5 nitrogen and oxygen atoms in total. The van der Waals surface area contributed by atoms with Crippen molar-refractivity contribution in [2.45, 2.75) is 19.1 Å². The third-order valence-corrected chi connectivity index (χ3v) is 4.89. The first-order valence-electron chi connectivity index (χ1n) is 10.1. The van der Waals surface area contributed by atoms with Crippen LogP contribution in [0.3, 0.4) is 0 Å². The van der Waals surface area contributed by atoms with Crippen molar-refractivity contribution in [3.05, 3.63) is 89.5 Å². The topological polar surface area (TPSA) is 60.0 Å². The lowest BCUT2D eigenvalue weighted by atomic mass is 10.1. The van der Waals surface area contributed by atoms with Crippen LogP contribution in [0.2, 0.25) is 0 Å². The van der Waals surface area contributed by atoms with Crippen molar-refractivity contribution in [1.29, 1.82) is 0 Å². The van der Waals surface area contributed by atoms with Crippen molar-refractivity contribution in [3.63, 3.8) is 0 Å². The van der Waals surface area contributed by atoms with Gasteiger partial charge < -0.3 is 24.6 Å². The van der Waals surface area contributed by atoms with E-state index >= 15 is 0 Å². The number of aliphatic hydroxyl groups is 1. The first-order valence-corrected chi connectivity index (χ1v) is 10.1. The molecule has 0 aliphatic heterocycles. The van der Waals surface area contributed by atoms with Gasteiger partial charge in [-0.15, -0.1) is 0 Å². The van der Waals surface area contributed by atoms with Gasteiger partial charge in [-0.05, 0) is 53.9 Å². The van der Waals surface area contributed by atoms with E-state index in [4.69, 9.17) is 14.2 Å². The van der Waals surface area contributed by atoms with E-state index in [0.29, 0.717) is 13.2 Å². The third-order valence-electron chi connectivity index (χ3n) is 4.89. The Balaban J connectivity index is 1.42. The van der Waals surface area contributed by atoms with Crippen LogP contribution in [-0.4, -0.2) is 32.4 Å². The summed E-state index contributed by atoms with van der Waals surface area (Å²) in [6.07, 6.45) is 0.262. The molecule has 0 spiro atoms. The van der Waals surface area contributed by atoms with Crippen molar-refractivity contribution < 1.29 is 19.3 Å². The number of aliphatic hydroxyl groups excluding tert-OH is 1. The van der Waals surface area contributed by atoms with E-state index in [0.717, 1.165) is 46.9 Å². The van der Waals surface area contributed by atoms with E-state index in [2.05, 4.69) is 5.32 Å². The third kappa shape index (κ3) is 6.24. The SMILES string of the molecule is COc1ccc(CCNC[C@@H](O)c2ccc(OCc3ccccc3)cc2)cc1OC. The molecule has 0 bridgehead atoms. The van der Waals surface area contributed by atoms with Crippen molar-refractivity contribution in [1.82, 2.24) is 5.32 Å². The van der Waals surface area contributed by atoms with Crippen molar-refractivity contribution in [2.75, 3.05) is 27.3 Å². The Hall–Kier alpha value is -3.02. The van der Waals surface area contributed by atoms with Crippen LogP contribution >= 0.6 is 0 Å². The lowest BCUT2D eigenvalue weighted by Gasteiger charge is -2.14. The van der Waals surface area contributed by atoms with E-state index < -0.39 is 6.10 Å². The second kappa shape index (κ2) is 11.2. The number of ether oxygens (including phenoxy) is 3. The highest BCUT2D eigenvalue weighted by Gasteiger charge is 2.08. The maximum absolute atomic E-state index is 10.4. The van der Waals surface area contributed by atoms with Crippen LogP contribution in [0.4, 0.5) is 0 Å². The molecule has 0 fully saturated rings. The zero-order chi connectivity index (χ0) is 21.2. The summed E-state index contributed by atoms with van der Waals surface area (Å²) in [6, 6.07) is 23.5. The lowest BCUT2D eigenvalue weighted by Crippen LogP contribution is -2.23. The van der Waals surface area contributed by atoms with E-state index in [-0.39, 0.29) is 0 Å². The first kappa shape index (κ1) is 21.7. The summed E-state index contributed by atoms with van der Waals surface area (Å²) in [4.78, 5) is 0.